The summed E-state index contributed by atoms with van der Waals surface area (Å²) in [6, 6.07) is 7.56. The molecule has 0 aromatic heterocycles. The van der Waals surface area contributed by atoms with Crippen molar-refractivity contribution in [3.8, 4) is 0 Å². The molecule has 4 heteroatoms. The molecule has 0 saturated carbocycles. The van der Waals surface area contributed by atoms with Gasteiger partial charge in [-0.3, -0.25) is 4.90 Å². The van der Waals surface area contributed by atoms with Crippen molar-refractivity contribution in [1.29, 1.82) is 0 Å². The Labute approximate surface area is 116 Å². The van der Waals surface area contributed by atoms with E-state index in [1.54, 1.807) is 11.1 Å². The van der Waals surface area contributed by atoms with Crippen LogP contribution in [0.1, 0.15) is 22.7 Å². The lowest BCUT2D eigenvalue weighted by molar-refractivity contribution is 0.152. The first-order valence-electron chi connectivity index (χ1n) is 5.89. The monoisotopic (exact) mass is 274 g/mol. The Balaban J connectivity index is 0.000000722. The van der Waals surface area contributed by atoms with Crippen LogP contribution in [0, 0.1) is 6.92 Å². The van der Waals surface area contributed by atoms with Crippen molar-refractivity contribution in [3.05, 3.63) is 34.9 Å². The lowest BCUT2D eigenvalue weighted by Gasteiger charge is -2.41. The van der Waals surface area contributed by atoms with E-state index >= 15 is 0 Å². The molecule has 1 N–H and O–H groups in total. The van der Waals surface area contributed by atoms with Gasteiger partial charge < -0.3 is 5.32 Å². The molecule has 0 spiro atoms. The second-order valence-corrected chi connectivity index (χ2v) is 4.71. The summed E-state index contributed by atoms with van der Waals surface area (Å²) in [5.74, 6) is 0. The molecule has 17 heavy (non-hydrogen) atoms. The lowest BCUT2D eigenvalue weighted by atomic mass is 9.90. The quantitative estimate of drug-likeness (QED) is 0.782. The van der Waals surface area contributed by atoms with Gasteiger partial charge in [-0.1, -0.05) is 23.8 Å². The third kappa shape index (κ3) is 2.76. The fraction of sp³-hybridized carbons (Fsp3) is 0.538. The van der Waals surface area contributed by atoms with Crippen molar-refractivity contribution in [2.45, 2.75) is 19.4 Å². The van der Waals surface area contributed by atoms with Crippen LogP contribution in [0.4, 0.5) is 0 Å². The summed E-state index contributed by atoms with van der Waals surface area (Å²) in [7, 11) is 0. The van der Waals surface area contributed by atoms with Crippen LogP contribution < -0.4 is 5.32 Å². The molecule has 3 rings (SSSR count). The predicted octanol–water partition coefficient (Wildman–Crippen LogP) is 2.34. The van der Waals surface area contributed by atoms with E-state index in [4.69, 9.17) is 0 Å². The van der Waals surface area contributed by atoms with Gasteiger partial charge >= 0.3 is 0 Å². The first-order valence-corrected chi connectivity index (χ1v) is 5.89. The maximum atomic E-state index is 3.50. The van der Waals surface area contributed by atoms with Gasteiger partial charge in [-0.05, 0) is 24.5 Å². The Morgan fingerprint density at radius 3 is 2.88 bits per heavy atom. The van der Waals surface area contributed by atoms with Crippen LogP contribution in [0.3, 0.4) is 0 Å². The average Bonchev–Trinajstić information content (AvgIpc) is 2.29. The lowest BCUT2D eigenvalue weighted by Crippen LogP contribution is -2.48. The zero-order valence-electron chi connectivity index (χ0n) is 10.1. The largest absolute Gasteiger partial charge is 0.314 e. The van der Waals surface area contributed by atoms with E-state index in [2.05, 4.69) is 35.3 Å². The van der Waals surface area contributed by atoms with E-state index < -0.39 is 0 Å². The number of piperazine rings is 1. The van der Waals surface area contributed by atoms with Crippen molar-refractivity contribution in [2.24, 2.45) is 0 Å². The van der Waals surface area contributed by atoms with E-state index in [1.165, 1.54) is 25.1 Å². The molecule has 1 unspecified atom stereocenters. The summed E-state index contributed by atoms with van der Waals surface area (Å²) in [5, 5.41) is 3.50. The summed E-state index contributed by atoms with van der Waals surface area (Å²) in [5.41, 5.74) is 4.51. The first-order chi connectivity index (χ1) is 7.34. The number of nitrogens with zero attached hydrogens (tertiary/aromatic N) is 1. The number of rotatable bonds is 0. The van der Waals surface area contributed by atoms with Gasteiger partial charge in [0.15, 0.2) is 0 Å². The summed E-state index contributed by atoms with van der Waals surface area (Å²) < 4.78 is 0. The maximum absolute atomic E-state index is 3.50. The number of hydrogen-bond acceptors (Lipinski definition) is 2. The van der Waals surface area contributed by atoms with Crippen LogP contribution in [0.5, 0.6) is 0 Å². The zero-order valence-corrected chi connectivity index (χ0v) is 11.7. The fourth-order valence-electron chi connectivity index (χ4n) is 2.84. The first kappa shape index (κ1) is 14.8. The molecule has 1 fully saturated rings. The summed E-state index contributed by atoms with van der Waals surface area (Å²) in [6.07, 6.45) is 1.23. The van der Waals surface area contributed by atoms with E-state index in [1.807, 2.05) is 0 Å². The average molecular weight is 275 g/mol. The van der Waals surface area contributed by atoms with E-state index in [-0.39, 0.29) is 24.8 Å². The second kappa shape index (κ2) is 6.05. The van der Waals surface area contributed by atoms with Crippen molar-refractivity contribution in [1.82, 2.24) is 10.2 Å². The van der Waals surface area contributed by atoms with Crippen LogP contribution >= 0.6 is 24.8 Å². The number of fused-ring (bicyclic) bond motifs is 3. The molecule has 0 amide bonds. The molecular formula is C13H20Cl2N2. The smallest absolute Gasteiger partial charge is 0.0476 e. The molecule has 0 radical (unpaired) electrons. The van der Waals surface area contributed by atoms with Crippen LogP contribution in [0.25, 0.3) is 0 Å². The minimum atomic E-state index is 0. The van der Waals surface area contributed by atoms with Crippen molar-refractivity contribution < 1.29 is 0 Å². The van der Waals surface area contributed by atoms with Gasteiger partial charge in [-0.15, -0.1) is 24.8 Å². The van der Waals surface area contributed by atoms with E-state index in [9.17, 15) is 0 Å². The van der Waals surface area contributed by atoms with Crippen LogP contribution in [0.15, 0.2) is 18.2 Å². The third-order valence-corrected chi connectivity index (χ3v) is 3.68. The number of halogens is 2. The highest BCUT2D eigenvalue weighted by Crippen LogP contribution is 2.30. The molecule has 0 bridgehead atoms. The summed E-state index contributed by atoms with van der Waals surface area (Å²) in [6.45, 7) is 6.91. The minimum absolute atomic E-state index is 0. The van der Waals surface area contributed by atoms with Crippen molar-refractivity contribution in [3.63, 3.8) is 0 Å². The van der Waals surface area contributed by atoms with Crippen LogP contribution in [-0.4, -0.2) is 31.1 Å². The Hall–Kier alpha value is -0.280. The number of hydrogen-bond donors (Lipinski definition) is 1. The number of nitrogens with one attached hydrogen (secondary N) is 1. The Bertz CT molecular complexity index is 382. The van der Waals surface area contributed by atoms with Gasteiger partial charge in [0, 0.05) is 32.2 Å². The van der Waals surface area contributed by atoms with Crippen LogP contribution in [0.2, 0.25) is 0 Å². The number of benzene rings is 1. The van der Waals surface area contributed by atoms with Crippen LogP contribution in [-0.2, 0) is 6.42 Å². The topological polar surface area (TPSA) is 15.3 Å². The Morgan fingerprint density at radius 2 is 2.06 bits per heavy atom. The molecule has 2 aliphatic heterocycles. The molecule has 2 aliphatic rings. The molecule has 1 aromatic carbocycles. The standard InChI is InChI=1S/C13H18N2.2ClH/c1-10-2-3-11-4-6-15-7-5-14-9-13(15)12(11)8-10;;/h2-3,8,13-14H,4-7,9H2,1H3;2*1H. The molecule has 2 nitrogen and oxygen atoms in total. The normalized spacial score (nSPS) is 22.8. The van der Waals surface area contributed by atoms with Crippen molar-refractivity contribution >= 4 is 24.8 Å². The van der Waals surface area contributed by atoms with Gasteiger partial charge in [0.25, 0.3) is 0 Å². The highest BCUT2D eigenvalue weighted by atomic mass is 35.5. The highest BCUT2D eigenvalue weighted by molar-refractivity contribution is 5.85. The van der Waals surface area contributed by atoms with Gasteiger partial charge in [0.2, 0.25) is 0 Å². The molecular weight excluding hydrogens is 255 g/mol. The van der Waals surface area contributed by atoms with Gasteiger partial charge in [0.1, 0.15) is 0 Å². The van der Waals surface area contributed by atoms with Gasteiger partial charge in [-0.2, -0.15) is 0 Å². The molecule has 2 heterocycles. The Kier molecular flexibility index (Phi) is 5.26. The SMILES string of the molecule is Cc1ccc2c(c1)C1CNCCN1CC2.Cl.Cl. The summed E-state index contributed by atoms with van der Waals surface area (Å²) >= 11 is 0. The van der Waals surface area contributed by atoms with Crippen molar-refractivity contribution in [2.75, 3.05) is 26.2 Å². The molecule has 96 valence electrons. The fourth-order valence-corrected chi connectivity index (χ4v) is 2.84. The van der Waals surface area contributed by atoms with Gasteiger partial charge in [-0.25, -0.2) is 0 Å². The summed E-state index contributed by atoms with van der Waals surface area (Å²) in [4.78, 5) is 2.62. The minimum Gasteiger partial charge on any atom is -0.314 e. The highest BCUT2D eigenvalue weighted by Gasteiger charge is 2.28. The third-order valence-electron chi connectivity index (χ3n) is 3.68. The maximum Gasteiger partial charge on any atom is 0.0476 e. The second-order valence-electron chi connectivity index (χ2n) is 4.71. The Morgan fingerprint density at radius 1 is 1.24 bits per heavy atom. The molecule has 0 aliphatic carbocycles. The van der Waals surface area contributed by atoms with E-state index in [0.29, 0.717) is 6.04 Å². The predicted molar refractivity (Wildman–Crippen MR) is 76.6 cm³/mol. The van der Waals surface area contributed by atoms with Gasteiger partial charge in [0.05, 0.1) is 0 Å². The molecule has 1 atom stereocenters. The molecule has 1 aromatic rings. The zero-order chi connectivity index (χ0) is 10.3. The molecule has 1 saturated heterocycles. The van der Waals surface area contributed by atoms with E-state index in [0.717, 1.165) is 13.1 Å². The number of aryl methyl sites for hydroxylation is 1.